The maximum atomic E-state index is 13.9. The lowest BCUT2D eigenvalue weighted by molar-refractivity contribution is -0.113. The number of carbonyl (C=O) groups excluding carboxylic acids is 1. The van der Waals surface area contributed by atoms with E-state index in [1.54, 1.807) is 36.4 Å². The number of para-hydroxylation sites is 1. The highest BCUT2D eigenvalue weighted by Gasteiger charge is 2.34. The second-order valence-electron chi connectivity index (χ2n) is 4.61. The van der Waals surface area contributed by atoms with Crippen molar-refractivity contribution in [3.63, 3.8) is 0 Å². The lowest BCUT2D eigenvalue weighted by Crippen LogP contribution is -2.28. The monoisotopic (exact) mass is 383 g/mol. The molecule has 1 aliphatic rings. The van der Waals surface area contributed by atoms with E-state index in [0.29, 0.717) is 20.5 Å². The van der Waals surface area contributed by atoms with Gasteiger partial charge in [-0.2, -0.15) is 0 Å². The fourth-order valence-electron chi connectivity index (χ4n) is 2.08. The van der Waals surface area contributed by atoms with Crippen molar-refractivity contribution in [2.24, 2.45) is 0 Å². The van der Waals surface area contributed by atoms with Crippen molar-refractivity contribution in [2.75, 3.05) is 4.90 Å². The van der Waals surface area contributed by atoms with Crippen LogP contribution >= 0.6 is 47.2 Å². The highest BCUT2D eigenvalue weighted by molar-refractivity contribution is 8.27. The van der Waals surface area contributed by atoms with Gasteiger partial charge in [-0.15, -0.1) is 0 Å². The molecule has 116 valence electrons. The minimum Gasteiger partial charge on any atom is -0.268 e. The minimum atomic E-state index is -0.508. The number of hydrogen-bond donors (Lipinski definition) is 0. The quantitative estimate of drug-likeness (QED) is 0.501. The third-order valence-corrected chi connectivity index (χ3v) is 5.29. The molecule has 0 aliphatic carbocycles. The molecule has 0 atom stereocenters. The van der Waals surface area contributed by atoms with Crippen molar-refractivity contribution in [3.05, 3.63) is 68.8 Å². The molecule has 3 rings (SSSR count). The van der Waals surface area contributed by atoms with E-state index in [2.05, 4.69) is 0 Å². The number of thiocarbonyl (C=S) groups is 1. The minimum absolute atomic E-state index is 0.135. The number of halogens is 3. The maximum Gasteiger partial charge on any atom is 0.270 e. The molecule has 0 bridgehead atoms. The second-order valence-corrected chi connectivity index (χ2v) is 7.07. The number of amides is 1. The van der Waals surface area contributed by atoms with Crippen LogP contribution in [0.15, 0.2) is 47.4 Å². The molecule has 1 aliphatic heterocycles. The SMILES string of the molecule is O=C1/C(=C/c2cccc(Cl)c2Cl)SC(=S)N1c1ccccc1F. The van der Waals surface area contributed by atoms with Gasteiger partial charge < -0.3 is 0 Å². The number of hydrogen-bond acceptors (Lipinski definition) is 3. The van der Waals surface area contributed by atoms with Crippen LogP contribution in [0.5, 0.6) is 0 Å². The molecule has 0 unspecified atom stereocenters. The molecule has 0 radical (unpaired) electrons. The van der Waals surface area contributed by atoms with Crippen LogP contribution in [0.1, 0.15) is 5.56 Å². The summed E-state index contributed by atoms with van der Waals surface area (Å²) in [5, 5.41) is 0.746. The van der Waals surface area contributed by atoms with Gasteiger partial charge in [-0.05, 0) is 29.8 Å². The average molecular weight is 384 g/mol. The van der Waals surface area contributed by atoms with Gasteiger partial charge in [-0.3, -0.25) is 9.69 Å². The van der Waals surface area contributed by atoms with E-state index in [0.717, 1.165) is 11.8 Å². The van der Waals surface area contributed by atoms with Gasteiger partial charge >= 0.3 is 0 Å². The summed E-state index contributed by atoms with van der Waals surface area (Å²) < 4.78 is 14.2. The number of nitrogens with zero attached hydrogens (tertiary/aromatic N) is 1. The van der Waals surface area contributed by atoms with E-state index in [4.69, 9.17) is 35.4 Å². The Morgan fingerprint density at radius 1 is 1.13 bits per heavy atom. The van der Waals surface area contributed by atoms with Crippen LogP contribution in [0.3, 0.4) is 0 Å². The third kappa shape index (κ3) is 3.15. The van der Waals surface area contributed by atoms with Crippen molar-refractivity contribution in [1.82, 2.24) is 0 Å². The number of benzene rings is 2. The summed E-state index contributed by atoms with van der Waals surface area (Å²) in [5.74, 6) is -0.896. The molecule has 1 amide bonds. The summed E-state index contributed by atoms with van der Waals surface area (Å²) in [5.41, 5.74) is 0.740. The molecule has 1 fully saturated rings. The first-order valence-corrected chi connectivity index (χ1v) is 8.43. The van der Waals surface area contributed by atoms with Crippen molar-refractivity contribution in [2.45, 2.75) is 0 Å². The molecule has 7 heteroatoms. The maximum absolute atomic E-state index is 13.9. The topological polar surface area (TPSA) is 20.3 Å². The molecule has 1 heterocycles. The summed E-state index contributed by atoms with van der Waals surface area (Å²) in [4.78, 5) is 14.1. The molecule has 2 aromatic carbocycles. The predicted octanol–water partition coefficient (Wildman–Crippen LogP) is 5.54. The molecule has 1 saturated heterocycles. The fourth-order valence-corrected chi connectivity index (χ4v) is 3.72. The number of anilines is 1. The largest absolute Gasteiger partial charge is 0.270 e. The first-order chi connectivity index (χ1) is 11.0. The van der Waals surface area contributed by atoms with Crippen LogP contribution in [-0.2, 0) is 4.79 Å². The van der Waals surface area contributed by atoms with E-state index in [-0.39, 0.29) is 15.9 Å². The summed E-state index contributed by atoms with van der Waals surface area (Å²) >= 11 is 18.4. The van der Waals surface area contributed by atoms with Gasteiger partial charge in [0.2, 0.25) is 0 Å². The van der Waals surface area contributed by atoms with Gasteiger partial charge in [0.05, 0.1) is 20.6 Å². The molecule has 23 heavy (non-hydrogen) atoms. The Bertz CT molecular complexity index is 854. The van der Waals surface area contributed by atoms with Crippen molar-refractivity contribution in [1.29, 1.82) is 0 Å². The van der Waals surface area contributed by atoms with Gasteiger partial charge in [0.15, 0.2) is 4.32 Å². The number of rotatable bonds is 2. The predicted molar refractivity (Wildman–Crippen MR) is 98.5 cm³/mol. The number of carbonyl (C=O) groups is 1. The highest BCUT2D eigenvalue weighted by Crippen LogP contribution is 2.38. The normalized spacial score (nSPS) is 16.5. The Kier molecular flexibility index (Phi) is 4.73. The summed E-state index contributed by atoms with van der Waals surface area (Å²) in [6.45, 7) is 0. The van der Waals surface area contributed by atoms with E-state index >= 15 is 0 Å². The van der Waals surface area contributed by atoms with Crippen molar-refractivity contribution in [3.8, 4) is 0 Å². The summed E-state index contributed by atoms with van der Waals surface area (Å²) in [6, 6.07) is 11.1. The fraction of sp³-hybridized carbons (Fsp3) is 0. The summed E-state index contributed by atoms with van der Waals surface area (Å²) in [7, 11) is 0. The van der Waals surface area contributed by atoms with Gasteiger partial charge in [0.25, 0.3) is 5.91 Å². The van der Waals surface area contributed by atoms with Gasteiger partial charge in [-0.1, -0.05) is 71.4 Å². The molecular formula is C16H8Cl2FNOS2. The first-order valence-electron chi connectivity index (χ1n) is 6.45. The van der Waals surface area contributed by atoms with E-state index in [1.165, 1.54) is 17.0 Å². The molecule has 2 aromatic rings. The van der Waals surface area contributed by atoms with Crippen LogP contribution < -0.4 is 4.90 Å². The first kappa shape index (κ1) is 16.5. The lowest BCUT2D eigenvalue weighted by atomic mass is 10.2. The Morgan fingerprint density at radius 2 is 1.87 bits per heavy atom. The molecule has 0 saturated carbocycles. The zero-order valence-electron chi connectivity index (χ0n) is 11.4. The summed E-state index contributed by atoms with van der Waals surface area (Å²) in [6.07, 6.45) is 1.61. The Morgan fingerprint density at radius 3 is 2.61 bits per heavy atom. The standard InChI is InChI=1S/C16H8Cl2FNOS2/c17-10-5-3-4-9(14(10)18)8-13-15(21)20(16(22)23-13)12-7-2-1-6-11(12)19/h1-8H/b13-8-. The Balaban J connectivity index is 2.00. The van der Waals surface area contributed by atoms with Gasteiger partial charge in [-0.25, -0.2) is 4.39 Å². The second kappa shape index (κ2) is 6.61. The third-order valence-electron chi connectivity index (χ3n) is 3.16. The number of thioether (sulfide) groups is 1. The Labute approximate surface area is 151 Å². The Hall–Kier alpha value is -1.40. The molecular weight excluding hydrogens is 376 g/mol. The van der Waals surface area contributed by atoms with E-state index in [9.17, 15) is 9.18 Å². The smallest absolute Gasteiger partial charge is 0.268 e. The van der Waals surface area contributed by atoms with Crippen molar-refractivity contribution < 1.29 is 9.18 Å². The highest BCUT2D eigenvalue weighted by atomic mass is 35.5. The van der Waals surface area contributed by atoms with Crippen LogP contribution in [0.4, 0.5) is 10.1 Å². The van der Waals surface area contributed by atoms with E-state index in [1.807, 2.05) is 0 Å². The van der Waals surface area contributed by atoms with Crippen LogP contribution in [0.25, 0.3) is 6.08 Å². The molecule has 0 aromatic heterocycles. The van der Waals surface area contributed by atoms with Crippen LogP contribution in [-0.4, -0.2) is 10.2 Å². The van der Waals surface area contributed by atoms with Crippen molar-refractivity contribution >= 4 is 69.2 Å². The van der Waals surface area contributed by atoms with Gasteiger partial charge in [0, 0.05) is 0 Å². The molecule has 0 spiro atoms. The van der Waals surface area contributed by atoms with E-state index < -0.39 is 5.82 Å². The molecule has 2 nitrogen and oxygen atoms in total. The zero-order chi connectivity index (χ0) is 16.6. The zero-order valence-corrected chi connectivity index (χ0v) is 14.6. The average Bonchev–Trinajstić information content (AvgIpc) is 2.79. The van der Waals surface area contributed by atoms with Gasteiger partial charge in [0.1, 0.15) is 5.82 Å². The van der Waals surface area contributed by atoms with Crippen LogP contribution in [0, 0.1) is 5.82 Å². The lowest BCUT2D eigenvalue weighted by Gasteiger charge is -2.14. The molecule has 0 N–H and O–H groups in total. The van der Waals surface area contributed by atoms with Crippen LogP contribution in [0.2, 0.25) is 10.0 Å².